The van der Waals surface area contributed by atoms with Crippen LogP contribution in [0.15, 0.2) is 23.1 Å². The minimum atomic E-state index is -3.99. The van der Waals surface area contributed by atoms with Gasteiger partial charge in [-0.15, -0.1) is 0 Å². The lowest BCUT2D eigenvalue weighted by Gasteiger charge is -2.25. The smallest absolute Gasteiger partial charge is 0.243 e. The van der Waals surface area contributed by atoms with E-state index in [1.807, 2.05) is 0 Å². The predicted molar refractivity (Wildman–Crippen MR) is 106 cm³/mol. The zero-order valence-electron chi connectivity index (χ0n) is 17.0. The summed E-state index contributed by atoms with van der Waals surface area (Å²) in [5, 5.41) is 6.14. The van der Waals surface area contributed by atoms with Gasteiger partial charge in [-0.2, -0.15) is 4.31 Å². The van der Waals surface area contributed by atoms with Crippen LogP contribution in [0.1, 0.15) is 33.1 Å². The highest BCUT2D eigenvalue weighted by Crippen LogP contribution is 2.40. The lowest BCUT2D eigenvalue weighted by atomic mass is 9.97. The first-order valence-corrected chi connectivity index (χ1v) is 11.5. The number of nitrogens with one attached hydrogen (secondary N) is 2. The van der Waals surface area contributed by atoms with Crippen LogP contribution in [-0.2, 0) is 14.8 Å². The molecule has 0 aromatic heterocycles. The fourth-order valence-electron chi connectivity index (χ4n) is 4.54. The molecule has 162 valence electrons. The molecule has 1 saturated heterocycles. The van der Waals surface area contributed by atoms with E-state index in [4.69, 9.17) is 0 Å². The molecule has 2 N–H and O–H groups in total. The van der Waals surface area contributed by atoms with Crippen molar-refractivity contribution in [2.45, 2.75) is 50.1 Å². The summed E-state index contributed by atoms with van der Waals surface area (Å²) in [5.74, 6) is -1.41. The molecule has 0 spiro atoms. The van der Waals surface area contributed by atoms with Gasteiger partial charge in [0, 0.05) is 25.2 Å². The molecule has 29 heavy (non-hydrogen) atoms. The highest BCUT2D eigenvalue weighted by atomic mass is 32.2. The molecule has 1 aromatic rings. The molecule has 0 bridgehead atoms. The van der Waals surface area contributed by atoms with Crippen LogP contribution in [0.3, 0.4) is 0 Å². The Morgan fingerprint density at radius 2 is 1.83 bits per heavy atom. The summed E-state index contributed by atoms with van der Waals surface area (Å²) in [7, 11) is -2.23. The maximum atomic E-state index is 13.5. The maximum absolute atomic E-state index is 13.5. The summed E-state index contributed by atoms with van der Waals surface area (Å²) in [4.78, 5) is 12.3. The zero-order valence-corrected chi connectivity index (χ0v) is 17.8. The van der Waals surface area contributed by atoms with Crippen molar-refractivity contribution in [3.8, 4) is 0 Å². The highest BCUT2D eigenvalue weighted by molar-refractivity contribution is 7.89. The summed E-state index contributed by atoms with van der Waals surface area (Å²) in [6, 6.07) is 1.95. The van der Waals surface area contributed by atoms with Gasteiger partial charge in [0.1, 0.15) is 11.6 Å². The van der Waals surface area contributed by atoms with Crippen molar-refractivity contribution in [1.29, 1.82) is 0 Å². The second kappa shape index (κ2) is 8.65. The van der Waals surface area contributed by atoms with Crippen molar-refractivity contribution in [2.24, 2.45) is 17.8 Å². The molecule has 1 aliphatic carbocycles. The van der Waals surface area contributed by atoms with Crippen molar-refractivity contribution in [3.05, 3.63) is 29.8 Å². The second-order valence-corrected chi connectivity index (χ2v) is 10.5. The molecule has 1 saturated carbocycles. The Kier molecular flexibility index (Phi) is 6.60. The Balaban J connectivity index is 1.70. The van der Waals surface area contributed by atoms with Gasteiger partial charge in [-0.05, 0) is 56.2 Å². The maximum Gasteiger partial charge on any atom is 0.243 e. The molecule has 0 unspecified atom stereocenters. The number of benzene rings is 1. The normalized spacial score (nSPS) is 25.9. The number of rotatable bonds is 7. The van der Waals surface area contributed by atoms with E-state index >= 15 is 0 Å². The van der Waals surface area contributed by atoms with E-state index in [-0.39, 0.29) is 41.3 Å². The first kappa shape index (κ1) is 22.1. The van der Waals surface area contributed by atoms with Gasteiger partial charge >= 0.3 is 0 Å². The molecular formula is C20H29F2N3O3S. The first-order valence-electron chi connectivity index (χ1n) is 10.1. The number of sulfonamides is 1. The standard InChI is InChI=1S/C20H29F2N3O3S/c1-12(2)6-19(23-3)20(26)24-18-5-4-13-10-25(11-17(13)18)29(27,28)16-8-14(21)7-15(22)9-16/h7-9,12-13,17-19,23H,4-6,10-11H2,1-3H3,(H,24,26)/t13-,17+,18+,19-/m0/s1. The highest BCUT2D eigenvalue weighted by Gasteiger charge is 2.47. The molecule has 2 aliphatic rings. The molecule has 6 nitrogen and oxygen atoms in total. The summed E-state index contributed by atoms with van der Waals surface area (Å²) < 4.78 is 54.0. The minimum Gasteiger partial charge on any atom is -0.352 e. The SMILES string of the molecule is CN[C@@H](CC(C)C)C(=O)N[C@@H]1CC[C@H]2CN(S(=O)(=O)c3cc(F)cc(F)c3)C[C@H]21. The quantitative estimate of drug-likeness (QED) is 0.696. The van der Waals surface area contributed by atoms with Crippen LogP contribution in [0.4, 0.5) is 8.78 Å². The third-order valence-electron chi connectivity index (χ3n) is 6.00. The lowest BCUT2D eigenvalue weighted by molar-refractivity contribution is -0.124. The Morgan fingerprint density at radius 3 is 2.41 bits per heavy atom. The third-order valence-corrected chi connectivity index (χ3v) is 7.81. The van der Waals surface area contributed by atoms with Gasteiger partial charge < -0.3 is 10.6 Å². The number of fused-ring (bicyclic) bond motifs is 1. The van der Waals surface area contributed by atoms with E-state index in [1.54, 1.807) is 7.05 Å². The number of likely N-dealkylation sites (N-methyl/N-ethyl adjacent to an activating group) is 1. The van der Waals surface area contributed by atoms with Crippen molar-refractivity contribution < 1.29 is 22.0 Å². The van der Waals surface area contributed by atoms with Crippen LogP contribution in [-0.4, -0.2) is 50.9 Å². The minimum absolute atomic E-state index is 0.00341. The van der Waals surface area contributed by atoms with Gasteiger partial charge in [-0.3, -0.25) is 4.79 Å². The predicted octanol–water partition coefficient (Wildman–Crippen LogP) is 2.11. The molecule has 4 atom stereocenters. The van der Waals surface area contributed by atoms with Gasteiger partial charge in [0.05, 0.1) is 10.9 Å². The van der Waals surface area contributed by atoms with E-state index in [1.165, 1.54) is 4.31 Å². The van der Waals surface area contributed by atoms with E-state index in [9.17, 15) is 22.0 Å². The molecule has 9 heteroatoms. The Morgan fingerprint density at radius 1 is 1.17 bits per heavy atom. The number of carbonyl (C=O) groups excluding carboxylic acids is 1. The fraction of sp³-hybridized carbons (Fsp3) is 0.650. The van der Waals surface area contributed by atoms with Gasteiger partial charge in [0.2, 0.25) is 15.9 Å². The van der Waals surface area contributed by atoms with Crippen molar-refractivity contribution in [2.75, 3.05) is 20.1 Å². The number of nitrogens with zero attached hydrogens (tertiary/aromatic N) is 1. The van der Waals surface area contributed by atoms with E-state index < -0.39 is 21.7 Å². The Labute approximate surface area is 171 Å². The molecule has 3 rings (SSSR count). The van der Waals surface area contributed by atoms with E-state index in [0.29, 0.717) is 18.5 Å². The number of amides is 1. The molecule has 1 heterocycles. The van der Waals surface area contributed by atoms with Crippen molar-refractivity contribution in [1.82, 2.24) is 14.9 Å². The molecule has 2 fully saturated rings. The summed E-state index contributed by atoms with van der Waals surface area (Å²) >= 11 is 0. The van der Waals surface area contributed by atoms with Crippen LogP contribution < -0.4 is 10.6 Å². The first-order chi connectivity index (χ1) is 13.6. The van der Waals surface area contributed by atoms with Gasteiger partial charge in [0.15, 0.2) is 0 Å². The summed E-state index contributed by atoms with van der Waals surface area (Å²) in [6.45, 7) is 4.65. The van der Waals surface area contributed by atoms with Crippen LogP contribution in [0, 0.1) is 29.4 Å². The fourth-order valence-corrected chi connectivity index (χ4v) is 6.11. The number of halogens is 2. The second-order valence-electron chi connectivity index (χ2n) is 8.51. The average molecular weight is 430 g/mol. The van der Waals surface area contributed by atoms with Crippen molar-refractivity contribution in [3.63, 3.8) is 0 Å². The van der Waals surface area contributed by atoms with Crippen LogP contribution in [0.25, 0.3) is 0 Å². The number of carbonyl (C=O) groups is 1. The topological polar surface area (TPSA) is 78.5 Å². The van der Waals surface area contributed by atoms with E-state index in [0.717, 1.165) is 31.4 Å². The Hall–Kier alpha value is -1.58. The average Bonchev–Trinajstić information content (AvgIpc) is 3.21. The molecule has 1 aromatic carbocycles. The number of hydrogen-bond donors (Lipinski definition) is 2. The van der Waals surface area contributed by atoms with Crippen LogP contribution >= 0.6 is 0 Å². The van der Waals surface area contributed by atoms with Gasteiger partial charge in [-0.1, -0.05) is 13.8 Å². The van der Waals surface area contributed by atoms with Crippen LogP contribution in [0.2, 0.25) is 0 Å². The van der Waals surface area contributed by atoms with Gasteiger partial charge in [-0.25, -0.2) is 17.2 Å². The van der Waals surface area contributed by atoms with Gasteiger partial charge in [0.25, 0.3) is 0 Å². The Bertz CT molecular complexity index is 842. The molecule has 1 amide bonds. The van der Waals surface area contributed by atoms with E-state index in [2.05, 4.69) is 24.5 Å². The van der Waals surface area contributed by atoms with Crippen LogP contribution in [0.5, 0.6) is 0 Å². The number of hydrogen-bond acceptors (Lipinski definition) is 4. The lowest BCUT2D eigenvalue weighted by Crippen LogP contribution is -2.49. The monoisotopic (exact) mass is 429 g/mol. The summed E-state index contributed by atoms with van der Waals surface area (Å²) in [5.41, 5.74) is 0. The summed E-state index contributed by atoms with van der Waals surface area (Å²) in [6.07, 6.45) is 2.34. The zero-order chi connectivity index (χ0) is 21.3. The molecule has 1 aliphatic heterocycles. The largest absolute Gasteiger partial charge is 0.352 e. The third kappa shape index (κ3) is 4.78. The molecular weight excluding hydrogens is 400 g/mol. The molecule has 0 radical (unpaired) electrons. The van der Waals surface area contributed by atoms with Crippen molar-refractivity contribution >= 4 is 15.9 Å².